The molecule has 2 heterocycles. The van der Waals surface area contributed by atoms with Gasteiger partial charge in [0.15, 0.2) is 0 Å². The van der Waals surface area contributed by atoms with Gasteiger partial charge in [0.05, 0.1) is 5.69 Å². The molecule has 0 radical (unpaired) electrons. The molecule has 0 aliphatic rings. The summed E-state index contributed by atoms with van der Waals surface area (Å²) in [5.41, 5.74) is 8.58. The highest BCUT2D eigenvalue weighted by molar-refractivity contribution is 5.74. The molecule has 0 spiro atoms. The largest absolute Gasteiger partial charge is 0.383 e. The highest BCUT2D eigenvalue weighted by Crippen LogP contribution is 2.25. The van der Waals surface area contributed by atoms with Crippen LogP contribution in [0, 0.1) is 13.8 Å². The van der Waals surface area contributed by atoms with Gasteiger partial charge in [-0.25, -0.2) is 9.97 Å². The minimum absolute atomic E-state index is 0.507. The third kappa shape index (κ3) is 1.79. The molecule has 0 bridgehead atoms. The maximum atomic E-state index is 5.88. The Balaban J connectivity index is 2.64. The Morgan fingerprint density at radius 2 is 2.00 bits per heavy atom. The summed E-state index contributed by atoms with van der Waals surface area (Å²) in [6.07, 6.45) is 3.49. The van der Waals surface area contributed by atoms with Crippen LogP contribution in [-0.2, 0) is 0 Å². The van der Waals surface area contributed by atoms with Crippen molar-refractivity contribution in [3.8, 4) is 11.1 Å². The second-order valence-electron chi connectivity index (χ2n) is 3.36. The van der Waals surface area contributed by atoms with Gasteiger partial charge in [-0.1, -0.05) is 6.07 Å². The SMILES string of the molecule is Cc1nc(C)c(-c2cccnc2)c(N)n1. The zero-order chi connectivity index (χ0) is 10.8. The van der Waals surface area contributed by atoms with Gasteiger partial charge in [0.1, 0.15) is 11.6 Å². The highest BCUT2D eigenvalue weighted by Gasteiger charge is 2.09. The van der Waals surface area contributed by atoms with Gasteiger partial charge >= 0.3 is 0 Å². The van der Waals surface area contributed by atoms with Crippen LogP contribution in [0.4, 0.5) is 5.82 Å². The first-order valence-electron chi connectivity index (χ1n) is 4.69. The van der Waals surface area contributed by atoms with Crippen molar-refractivity contribution >= 4 is 5.82 Å². The maximum Gasteiger partial charge on any atom is 0.135 e. The van der Waals surface area contributed by atoms with Gasteiger partial charge in [0.25, 0.3) is 0 Å². The van der Waals surface area contributed by atoms with Crippen LogP contribution in [0.3, 0.4) is 0 Å². The zero-order valence-corrected chi connectivity index (χ0v) is 8.73. The summed E-state index contributed by atoms with van der Waals surface area (Å²) in [4.78, 5) is 12.5. The predicted molar refractivity (Wildman–Crippen MR) is 59.1 cm³/mol. The third-order valence-electron chi connectivity index (χ3n) is 2.18. The Hall–Kier alpha value is -1.97. The minimum atomic E-state index is 0.507. The number of hydrogen-bond acceptors (Lipinski definition) is 4. The Morgan fingerprint density at radius 3 is 2.60 bits per heavy atom. The van der Waals surface area contributed by atoms with E-state index in [-0.39, 0.29) is 0 Å². The van der Waals surface area contributed by atoms with Crippen LogP contribution in [0.25, 0.3) is 11.1 Å². The predicted octanol–water partition coefficient (Wildman–Crippen LogP) is 1.74. The Labute approximate surface area is 88.2 Å². The number of anilines is 1. The molecule has 0 aliphatic carbocycles. The quantitative estimate of drug-likeness (QED) is 0.761. The van der Waals surface area contributed by atoms with Crippen molar-refractivity contribution < 1.29 is 0 Å². The van der Waals surface area contributed by atoms with Crippen LogP contribution in [0.2, 0.25) is 0 Å². The molecule has 2 aromatic heterocycles. The number of rotatable bonds is 1. The van der Waals surface area contributed by atoms with E-state index in [1.165, 1.54) is 0 Å². The van der Waals surface area contributed by atoms with Crippen molar-refractivity contribution in [3.05, 3.63) is 36.0 Å². The summed E-state index contributed by atoms with van der Waals surface area (Å²) < 4.78 is 0. The Kier molecular flexibility index (Phi) is 2.33. The zero-order valence-electron chi connectivity index (χ0n) is 8.73. The number of nitrogen functional groups attached to an aromatic ring is 1. The lowest BCUT2D eigenvalue weighted by Gasteiger charge is -2.08. The Morgan fingerprint density at radius 1 is 1.20 bits per heavy atom. The molecular weight excluding hydrogens is 188 g/mol. The number of aromatic nitrogens is 3. The second-order valence-corrected chi connectivity index (χ2v) is 3.36. The molecule has 0 atom stereocenters. The minimum Gasteiger partial charge on any atom is -0.383 e. The normalized spacial score (nSPS) is 10.3. The van der Waals surface area contributed by atoms with Gasteiger partial charge in [-0.15, -0.1) is 0 Å². The van der Waals surface area contributed by atoms with Crippen LogP contribution >= 0.6 is 0 Å². The van der Waals surface area contributed by atoms with Crippen LogP contribution in [-0.4, -0.2) is 15.0 Å². The maximum absolute atomic E-state index is 5.88. The smallest absolute Gasteiger partial charge is 0.135 e. The van der Waals surface area contributed by atoms with Gasteiger partial charge < -0.3 is 5.73 Å². The molecule has 4 nitrogen and oxygen atoms in total. The molecule has 2 aromatic rings. The molecule has 2 N–H and O–H groups in total. The lowest BCUT2D eigenvalue weighted by Crippen LogP contribution is -2.02. The van der Waals surface area contributed by atoms with Crippen LogP contribution < -0.4 is 5.73 Å². The molecule has 0 saturated heterocycles. The van der Waals surface area contributed by atoms with Crippen LogP contribution in [0.1, 0.15) is 11.5 Å². The van der Waals surface area contributed by atoms with Crippen molar-refractivity contribution in [2.75, 3.05) is 5.73 Å². The molecule has 2 rings (SSSR count). The molecule has 0 fully saturated rings. The lowest BCUT2D eigenvalue weighted by atomic mass is 10.1. The number of nitrogens with zero attached hydrogens (tertiary/aromatic N) is 3. The molecule has 76 valence electrons. The van der Waals surface area contributed by atoms with Crippen LogP contribution in [0.15, 0.2) is 24.5 Å². The van der Waals surface area contributed by atoms with Gasteiger partial charge in [-0.05, 0) is 19.9 Å². The number of nitrogens with two attached hydrogens (primary N) is 1. The topological polar surface area (TPSA) is 64.7 Å². The molecular formula is C11H12N4. The first-order chi connectivity index (χ1) is 7.18. The standard InChI is InChI=1S/C11H12N4/c1-7-10(9-4-3-5-13-6-9)11(12)15-8(2)14-7/h3-6H,1-2H3,(H2,12,14,15). The van der Waals surface area contributed by atoms with E-state index in [9.17, 15) is 0 Å². The fourth-order valence-corrected chi connectivity index (χ4v) is 1.61. The number of aryl methyl sites for hydroxylation is 2. The highest BCUT2D eigenvalue weighted by atomic mass is 14.9. The average molecular weight is 200 g/mol. The Bertz CT molecular complexity index is 456. The molecule has 4 heteroatoms. The van der Waals surface area contributed by atoms with Gasteiger partial charge in [-0.2, -0.15) is 0 Å². The number of hydrogen-bond donors (Lipinski definition) is 1. The third-order valence-corrected chi connectivity index (χ3v) is 2.18. The number of pyridine rings is 1. The summed E-state index contributed by atoms with van der Waals surface area (Å²) >= 11 is 0. The van der Waals surface area contributed by atoms with Gasteiger partial charge in [0, 0.05) is 23.5 Å². The summed E-state index contributed by atoms with van der Waals surface area (Å²) in [6.45, 7) is 3.75. The first kappa shape index (κ1) is 9.58. The van der Waals surface area contributed by atoms with E-state index in [4.69, 9.17) is 5.73 Å². The molecule has 0 unspecified atom stereocenters. The summed E-state index contributed by atoms with van der Waals surface area (Å²) in [7, 11) is 0. The van der Waals surface area contributed by atoms with E-state index in [1.54, 1.807) is 12.4 Å². The second kappa shape index (κ2) is 3.65. The van der Waals surface area contributed by atoms with Crippen molar-refractivity contribution in [1.29, 1.82) is 0 Å². The van der Waals surface area contributed by atoms with E-state index >= 15 is 0 Å². The van der Waals surface area contributed by atoms with E-state index < -0.39 is 0 Å². The van der Waals surface area contributed by atoms with E-state index in [2.05, 4.69) is 15.0 Å². The summed E-state index contributed by atoms with van der Waals surface area (Å²) in [5, 5.41) is 0. The molecule has 0 aromatic carbocycles. The van der Waals surface area contributed by atoms with Gasteiger partial charge in [-0.3, -0.25) is 4.98 Å². The molecule has 0 aliphatic heterocycles. The van der Waals surface area contributed by atoms with E-state index in [0.29, 0.717) is 11.6 Å². The van der Waals surface area contributed by atoms with Crippen molar-refractivity contribution in [3.63, 3.8) is 0 Å². The van der Waals surface area contributed by atoms with Crippen LogP contribution in [0.5, 0.6) is 0 Å². The van der Waals surface area contributed by atoms with E-state index in [1.807, 2.05) is 26.0 Å². The van der Waals surface area contributed by atoms with Crippen molar-refractivity contribution in [1.82, 2.24) is 15.0 Å². The molecule has 0 saturated carbocycles. The fraction of sp³-hybridized carbons (Fsp3) is 0.182. The lowest BCUT2D eigenvalue weighted by molar-refractivity contribution is 1.02. The van der Waals surface area contributed by atoms with Crippen molar-refractivity contribution in [2.45, 2.75) is 13.8 Å². The molecule has 0 amide bonds. The summed E-state index contributed by atoms with van der Waals surface area (Å²) in [6, 6.07) is 3.82. The summed E-state index contributed by atoms with van der Waals surface area (Å²) in [5.74, 6) is 1.20. The first-order valence-corrected chi connectivity index (χ1v) is 4.69. The van der Waals surface area contributed by atoms with Crippen molar-refractivity contribution in [2.24, 2.45) is 0 Å². The fourth-order valence-electron chi connectivity index (χ4n) is 1.61. The average Bonchev–Trinajstić information content (AvgIpc) is 2.17. The monoisotopic (exact) mass is 200 g/mol. The molecule has 15 heavy (non-hydrogen) atoms. The van der Waals surface area contributed by atoms with Gasteiger partial charge in [0.2, 0.25) is 0 Å². The van der Waals surface area contributed by atoms with E-state index in [0.717, 1.165) is 16.8 Å².